The zero-order valence-electron chi connectivity index (χ0n) is 8.67. The van der Waals surface area contributed by atoms with Crippen molar-refractivity contribution in [3.8, 4) is 0 Å². The molecule has 2 fully saturated rings. The van der Waals surface area contributed by atoms with Crippen molar-refractivity contribution in [2.24, 2.45) is 17.6 Å². The van der Waals surface area contributed by atoms with Crippen molar-refractivity contribution < 1.29 is 9.90 Å². The Balaban J connectivity index is 1.83. The van der Waals surface area contributed by atoms with Crippen LogP contribution in [0.2, 0.25) is 0 Å². The Bertz CT molecular complexity index is 408. The summed E-state index contributed by atoms with van der Waals surface area (Å²) >= 11 is 1.49. The lowest BCUT2D eigenvalue weighted by Crippen LogP contribution is -2.36. The van der Waals surface area contributed by atoms with Gasteiger partial charge in [0.15, 0.2) is 0 Å². The van der Waals surface area contributed by atoms with Crippen LogP contribution in [-0.2, 0) is 5.41 Å². The first kappa shape index (κ1) is 10.0. The van der Waals surface area contributed by atoms with E-state index >= 15 is 0 Å². The van der Waals surface area contributed by atoms with E-state index < -0.39 is 6.09 Å². The molecule has 1 aliphatic carbocycles. The number of likely N-dealkylation sites (tertiary alicyclic amines) is 1. The normalized spacial score (nSPS) is 36.2. The van der Waals surface area contributed by atoms with Gasteiger partial charge in [0.05, 0.1) is 0 Å². The number of carboxylic acid groups (broad SMARTS) is 1. The fourth-order valence-electron chi connectivity index (χ4n) is 3.12. The van der Waals surface area contributed by atoms with E-state index in [1.165, 1.54) is 21.3 Å². The van der Waals surface area contributed by atoms with Gasteiger partial charge >= 0.3 is 6.09 Å². The minimum atomic E-state index is -0.817. The number of aromatic nitrogens is 1. The quantitative estimate of drug-likeness (QED) is 0.791. The molecule has 16 heavy (non-hydrogen) atoms. The van der Waals surface area contributed by atoms with E-state index in [9.17, 15) is 4.79 Å². The Morgan fingerprint density at radius 2 is 2.38 bits per heavy atom. The second-order valence-electron chi connectivity index (χ2n) is 4.52. The number of hydrogen-bond acceptors (Lipinski definition) is 4. The predicted molar refractivity (Wildman–Crippen MR) is 59.4 cm³/mol. The number of hydrogen-bond donors (Lipinski definition) is 2. The van der Waals surface area contributed by atoms with Crippen LogP contribution >= 0.6 is 11.5 Å². The molecule has 0 radical (unpaired) electrons. The summed E-state index contributed by atoms with van der Waals surface area (Å²) in [5.74, 6) is 0.795. The Labute approximate surface area is 97.0 Å². The Kier molecular flexibility index (Phi) is 1.99. The average Bonchev–Trinajstić information content (AvgIpc) is 2.75. The van der Waals surface area contributed by atoms with Crippen molar-refractivity contribution >= 4 is 17.6 Å². The molecule has 6 heteroatoms. The van der Waals surface area contributed by atoms with E-state index in [2.05, 4.69) is 4.37 Å². The number of nitrogens with two attached hydrogens (primary N) is 1. The fraction of sp³-hybridized carbons (Fsp3) is 0.600. The van der Waals surface area contributed by atoms with Crippen molar-refractivity contribution in [3.05, 3.63) is 17.1 Å². The number of amides is 1. The summed E-state index contributed by atoms with van der Waals surface area (Å²) in [5, 5.41) is 8.91. The van der Waals surface area contributed by atoms with Crippen LogP contribution < -0.4 is 5.73 Å². The van der Waals surface area contributed by atoms with Crippen molar-refractivity contribution in [2.45, 2.75) is 5.41 Å². The zero-order chi connectivity index (χ0) is 11.3. The van der Waals surface area contributed by atoms with Gasteiger partial charge in [-0.2, -0.15) is 0 Å². The third kappa shape index (κ3) is 1.08. The highest BCUT2D eigenvalue weighted by molar-refractivity contribution is 7.06. The van der Waals surface area contributed by atoms with E-state index in [1.54, 1.807) is 6.20 Å². The minimum absolute atomic E-state index is 0.0209. The Hall–Kier alpha value is -1.14. The summed E-state index contributed by atoms with van der Waals surface area (Å²) in [6, 6.07) is 2.01. The Morgan fingerprint density at radius 1 is 1.69 bits per heavy atom. The maximum Gasteiger partial charge on any atom is 0.407 e. The molecule has 1 saturated heterocycles. The first-order valence-electron chi connectivity index (χ1n) is 5.29. The number of rotatable bonds is 2. The SMILES string of the molecule is NCC1(c2ccns2)[C@@H]2CN(C(=O)O)C[C@@H]21. The molecule has 86 valence electrons. The molecule has 2 heterocycles. The van der Waals surface area contributed by atoms with Gasteiger partial charge in [-0.25, -0.2) is 9.17 Å². The van der Waals surface area contributed by atoms with Gasteiger partial charge in [-0.05, 0) is 29.4 Å². The lowest BCUT2D eigenvalue weighted by Gasteiger charge is -2.22. The van der Waals surface area contributed by atoms with Crippen LogP contribution in [0.3, 0.4) is 0 Å². The van der Waals surface area contributed by atoms with E-state index in [0.717, 1.165) is 0 Å². The summed E-state index contributed by atoms with van der Waals surface area (Å²) in [6.45, 7) is 1.84. The monoisotopic (exact) mass is 239 g/mol. The lowest BCUT2D eigenvalue weighted by atomic mass is 9.98. The molecule has 3 atom stereocenters. The standard InChI is InChI=1S/C10H13N3O2S/c11-5-10(8-1-2-12-16-8)6-3-13(9(14)15)4-7(6)10/h1-2,6-7H,3-5,11H2,(H,14,15)/t6-,7+,10?. The van der Waals surface area contributed by atoms with E-state index in [4.69, 9.17) is 10.8 Å². The third-order valence-electron chi connectivity index (χ3n) is 4.04. The smallest absolute Gasteiger partial charge is 0.407 e. The first-order chi connectivity index (χ1) is 7.70. The number of fused-ring (bicyclic) bond motifs is 1. The molecule has 1 unspecified atom stereocenters. The predicted octanol–water partition coefficient (Wildman–Crippen LogP) is 0.579. The van der Waals surface area contributed by atoms with Crippen molar-refractivity contribution in [2.75, 3.05) is 19.6 Å². The van der Waals surface area contributed by atoms with Crippen LogP contribution in [0.1, 0.15) is 4.88 Å². The molecule has 0 spiro atoms. The molecule has 2 aliphatic rings. The largest absolute Gasteiger partial charge is 0.465 e. The highest BCUT2D eigenvalue weighted by Crippen LogP contribution is 2.63. The minimum Gasteiger partial charge on any atom is -0.465 e. The van der Waals surface area contributed by atoms with Gasteiger partial charge in [0.25, 0.3) is 0 Å². The average molecular weight is 239 g/mol. The molecule has 1 aromatic heterocycles. The summed E-state index contributed by atoms with van der Waals surface area (Å²) in [6.07, 6.45) is 0.975. The summed E-state index contributed by atoms with van der Waals surface area (Å²) in [7, 11) is 0. The molecular formula is C10H13N3O2S. The maximum absolute atomic E-state index is 10.8. The van der Waals surface area contributed by atoms with Gasteiger partial charge in [-0.1, -0.05) is 0 Å². The highest BCUT2D eigenvalue weighted by atomic mass is 32.1. The molecule has 3 N–H and O–H groups in total. The molecule has 3 rings (SSSR count). The Morgan fingerprint density at radius 3 is 2.81 bits per heavy atom. The topological polar surface area (TPSA) is 79.5 Å². The lowest BCUT2D eigenvalue weighted by molar-refractivity contribution is 0.147. The van der Waals surface area contributed by atoms with Crippen LogP contribution in [0.15, 0.2) is 12.3 Å². The van der Waals surface area contributed by atoms with Crippen molar-refractivity contribution in [1.29, 1.82) is 0 Å². The molecule has 0 aromatic carbocycles. The second-order valence-corrected chi connectivity index (χ2v) is 5.35. The molecule has 1 aromatic rings. The summed E-state index contributed by atoms with van der Waals surface area (Å²) < 4.78 is 4.11. The third-order valence-corrected chi connectivity index (χ3v) is 4.98. The van der Waals surface area contributed by atoms with Crippen LogP contribution in [-0.4, -0.2) is 40.1 Å². The van der Waals surface area contributed by atoms with Crippen molar-refractivity contribution in [1.82, 2.24) is 9.27 Å². The van der Waals surface area contributed by atoms with Crippen LogP contribution in [0.4, 0.5) is 4.79 Å². The van der Waals surface area contributed by atoms with Gasteiger partial charge in [-0.3, -0.25) is 0 Å². The van der Waals surface area contributed by atoms with Crippen molar-refractivity contribution in [3.63, 3.8) is 0 Å². The van der Waals surface area contributed by atoms with Crippen LogP contribution in [0.25, 0.3) is 0 Å². The zero-order valence-corrected chi connectivity index (χ0v) is 9.48. The molecule has 1 amide bonds. The summed E-state index contributed by atoms with van der Waals surface area (Å²) in [5.41, 5.74) is 5.91. The van der Waals surface area contributed by atoms with Gasteiger partial charge in [0.2, 0.25) is 0 Å². The van der Waals surface area contributed by atoms with Gasteiger partial charge in [0, 0.05) is 36.1 Å². The number of carbonyl (C=O) groups is 1. The maximum atomic E-state index is 10.8. The summed E-state index contributed by atoms with van der Waals surface area (Å²) in [4.78, 5) is 13.5. The second kappa shape index (κ2) is 3.18. The van der Waals surface area contributed by atoms with Gasteiger partial charge < -0.3 is 15.7 Å². The molecule has 1 aliphatic heterocycles. The molecular weight excluding hydrogens is 226 g/mol. The molecule has 0 bridgehead atoms. The number of piperidine rings is 1. The first-order valence-corrected chi connectivity index (χ1v) is 6.06. The molecule has 5 nitrogen and oxygen atoms in total. The van der Waals surface area contributed by atoms with E-state index in [0.29, 0.717) is 31.5 Å². The van der Waals surface area contributed by atoms with Gasteiger partial charge in [0.1, 0.15) is 0 Å². The van der Waals surface area contributed by atoms with Crippen LogP contribution in [0.5, 0.6) is 0 Å². The van der Waals surface area contributed by atoms with E-state index in [-0.39, 0.29) is 5.41 Å². The molecule has 1 saturated carbocycles. The van der Waals surface area contributed by atoms with Crippen LogP contribution in [0, 0.1) is 11.8 Å². The highest BCUT2D eigenvalue weighted by Gasteiger charge is 2.69. The fourth-order valence-corrected chi connectivity index (χ4v) is 4.03. The van der Waals surface area contributed by atoms with Gasteiger partial charge in [-0.15, -0.1) is 0 Å². The number of nitrogens with zero attached hydrogens (tertiary/aromatic N) is 2. The van der Waals surface area contributed by atoms with E-state index in [1.807, 2.05) is 6.07 Å².